The van der Waals surface area contributed by atoms with Crippen molar-refractivity contribution in [2.24, 2.45) is 17.8 Å². The van der Waals surface area contributed by atoms with E-state index >= 15 is 0 Å². The summed E-state index contributed by atoms with van der Waals surface area (Å²) >= 11 is 0. The molecule has 8 heteroatoms. The normalized spacial score (nSPS) is 31.3. The molecule has 196 valence electrons. The summed E-state index contributed by atoms with van der Waals surface area (Å²) < 4.78 is 11.5. The molecule has 3 unspecified atom stereocenters. The van der Waals surface area contributed by atoms with E-state index in [2.05, 4.69) is 5.32 Å². The van der Waals surface area contributed by atoms with E-state index in [1.165, 1.54) is 19.3 Å². The highest BCUT2D eigenvalue weighted by Gasteiger charge is 2.51. The molecule has 6 rings (SSSR count). The fourth-order valence-electron chi connectivity index (χ4n) is 7.10. The van der Waals surface area contributed by atoms with Gasteiger partial charge in [-0.3, -0.25) is 9.59 Å². The third-order valence-corrected chi connectivity index (χ3v) is 8.81. The Labute approximate surface area is 216 Å². The molecule has 37 heavy (non-hydrogen) atoms. The van der Waals surface area contributed by atoms with Crippen molar-refractivity contribution < 1.29 is 29.0 Å². The molecule has 8 nitrogen and oxygen atoms in total. The summed E-state index contributed by atoms with van der Waals surface area (Å²) in [5.41, 5.74) is 2.11. The fourth-order valence-corrected chi connectivity index (χ4v) is 7.10. The molecular formula is C29H34N2O6. The first-order valence-corrected chi connectivity index (χ1v) is 13.4. The topological polar surface area (TPSA) is 112 Å². The van der Waals surface area contributed by atoms with Gasteiger partial charge in [0, 0.05) is 36.2 Å². The van der Waals surface area contributed by atoms with Crippen LogP contribution in [0.3, 0.4) is 0 Å². The number of rotatable bonds is 8. The van der Waals surface area contributed by atoms with Gasteiger partial charge in [-0.1, -0.05) is 24.6 Å². The number of para-hydroxylation sites is 1. The van der Waals surface area contributed by atoms with Crippen LogP contribution in [0.5, 0.6) is 5.75 Å². The van der Waals surface area contributed by atoms with Crippen LogP contribution in [-0.2, 0) is 16.1 Å². The maximum atomic E-state index is 13.9. The lowest BCUT2D eigenvalue weighted by Gasteiger charge is -2.41. The number of amides is 2. The van der Waals surface area contributed by atoms with Crippen molar-refractivity contribution in [1.29, 1.82) is 0 Å². The number of carbonyl (C=O) groups excluding carboxylic acids is 2. The van der Waals surface area contributed by atoms with E-state index in [0.29, 0.717) is 29.6 Å². The molecule has 2 fully saturated rings. The number of hydrogen-bond donors (Lipinski definition) is 3. The van der Waals surface area contributed by atoms with E-state index < -0.39 is 24.2 Å². The first kappa shape index (κ1) is 24.2. The van der Waals surface area contributed by atoms with Crippen molar-refractivity contribution in [3.63, 3.8) is 0 Å². The quantitative estimate of drug-likeness (QED) is 0.508. The highest BCUT2D eigenvalue weighted by molar-refractivity contribution is 5.96. The van der Waals surface area contributed by atoms with Crippen LogP contribution < -0.4 is 10.1 Å². The maximum absolute atomic E-state index is 13.9. The second kappa shape index (κ2) is 9.99. The second-order valence-corrected chi connectivity index (χ2v) is 11.0. The molecule has 2 heterocycles. The highest BCUT2D eigenvalue weighted by atomic mass is 16.5. The molecule has 0 spiro atoms. The first-order chi connectivity index (χ1) is 18.0. The number of nitrogens with one attached hydrogen (secondary N) is 1. The first-order valence-electron chi connectivity index (χ1n) is 13.4. The number of fused-ring (bicyclic) bond motifs is 5. The summed E-state index contributed by atoms with van der Waals surface area (Å²) in [4.78, 5) is 28.9. The van der Waals surface area contributed by atoms with Crippen molar-refractivity contribution in [2.75, 3.05) is 13.2 Å². The minimum atomic E-state index is -1.03. The lowest BCUT2D eigenvalue weighted by Crippen LogP contribution is -2.55. The largest absolute Gasteiger partial charge is 0.486 e. The van der Waals surface area contributed by atoms with Gasteiger partial charge in [0.2, 0.25) is 11.8 Å². The molecule has 2 amide bonds. The zero-order valence-corrected chi connectivity index (χ0v) is 20.8. The molecule has 3 aliphatic carbocycles. The second-order valence-electron chi connectivity index (χ2n) is 11.0. The average molecular weight is 507 g/mol. The molecule has 2 saturated carbocycles. The van der Waals surface area contributed by atoms with Crippen LogP contribution in [0.25, 0.3) is 0 Å². The maximum Gasteiger partial charge on any atom is 0.247 e. The smallest absolute Gasteiger partial charge is 0.247 e. The van der Waals surface area contributed by atoms with Crippen LogP contribution in [0.15, 0.2) is 58.9 Å². The summed E-state index contributed by atoms with van der Waals surface area (Å²) in [6, 6.07) is 8.56. The van der Waals surface area contributed by atoms with Crippen LogP contribution in [0.2, 0.25) is 0 Å². The van der Waals surface area contributed by atoms with Crippen molar-refractivity contribution in [3.05, 3.63) is 65.6 Å². The Bertz CT molecular complexity index is 1180. The molecule has 0 radical (unpaired) electrons. The SMILES string of the molecule is O=C(NCCO)C1=C[C@@H](N(Cc2ccoc2)C(=O)CC2CC3CCC2C3)[C@H](O)[C@H]2Oc3ccccc3[C@@H]12. The van der Waals surface area contributed by atoms with E-state index in [1.807, 2.05) is 30.3 Å². The fraction of sp³-hybridized carbons (Fsp3) is 0.517. The molecule has 1 aromatic carbocycles. The Kier molecular flexibility index (Phi) is 6.55. The minimum absolute atomic E-state index is 0.0249. The predicted molar refractivity (Wildman–Crippen MR) is 134 cm³/mol. The van der Waals surface area contributed by atoms with Crippen molar-refractivity contribution in [1.82, 2.24) is 10.2 Å². The van der Waals surface area contributed by atoms with E-state index in [4.69, 9.17) is 9.15 Å². The molecule has 2 bridgehead atoms. The summed E-state index contributed by atoms with van der Waals surface area (Å²) in [5.74, 6) is 1.53. The van der Waals surface area contributed by atoms with Crippen LogP contribution in [0.1, 0.15) is 49.1 Å². The van der Waals surface area contributed by atoms with Crippen LogP contribution in [-0.4, -0.2) is 58.3 Å². The molecule has 1 aliphatic heterocycles. The summed E-state index contributed by atoms with van der Waals surface area (Å²) in [7, 11) is 0. The molecule has 2 aromatic rings. The summed E-state index contributed by atoms with van der Waals surface area (Å²) in [5, 5.41) is 23.7. The third kappa shape index (κ3) is 4.46. The van der Waals surface area contributed by atoms with E-state index in [-0.39, 0.29) is 31.5 Å². The zero-order valence-electron chi connectivity index (χ0n) is 20.8. The Morgan fingerprint density at radius 2 is 2.00 bits per heavy atom. The van der Waals surface area contributed by atoms with Gasteiger partial charge in [-0.2, -0.15) is 0 Å². The van der Waals surface area contributed by atoms with Gasteiger partial charge in [-0.25, -0.2) is 0 Å². The lowest BCUT2D eigenvalue weighted by molar-refractivity contribution is -0.139. The summed E-state index contributed by atoms with van der Waals surface area (Å²) in [6.07, 6.45) is 8.41. The standard InChI is InChI=1S/C29H34N2O6/c32-9-8-30-29(35)22-14-23(27(34)28-26(22)21-3-1-2-4-24(21)37-28)31(15-18-7-10-36-16-18)25(33)13-20-12-17-5-6-19(20)11-17/h1-4,7,10,14,16-17,19-20,23,26-28,32,34H,5-6,8-9,11-13,15H2,(H,30,35)/t17?,19?,20?,23-,26+,27+,28+/m1/s1. The van der Waals surface area contributed by atoms with E-state index in [9.17, 15) is 19.8 Å². The monoisotopic (exact) mass is 506 g/mol. The minimum Gasteiger partial charge on any atom is -0.486 e. The molecule has 4 aliphatic rings. The van der Waals surface area contributed by atoms with Gasteiger partial charge in [0.1, 0.15) is 18.0 Å². The Balaban J connectivity index is 1.34. The lowest BCUT2D eigenvalue weighted by atomic mass is 9.77. The van der Waals surface area contributed by atoms with Gasteiger partial charge in [-0.15, -0.1) is 0 Å². The summed E-state index contributed by atoms with van der Waals surface area (Å²) in [6.45, 7) is 0.205. The number of carbonyl (C=O) groups is 2. The van der Waals surface area contributed by atoms with Crippen LogP contribution in [0, 0.1) is 17.8 Å². The molecule has 1 aromatic heterocycles. The number of benzene rings is 1. The van der Waals surface area contributed by atoms with Gasteiger partial charge in [0.05, 0.1) is 31.1 Å². The molecular weight excluding hydrogens is 472 g/mol. The molecule has 3 N–H and O–H groups in total. The van der Waals surface area contributed by atoms with Crippen molar-refractivity contribution in [3.8, 4) is 5.75 Å². The van der Waals surface area contributed by atoms with Crippen LogP contribution >= 0.6 is 0 Å². The Hall–Kier alpha value is -3.10. The number of furan rings is 1. The van der Waals surface area contributed by atoms with Gasteiger partial charge >= 0.3 is 0 Å². The average Bonchev–Trinajstić information content (AvgIpc) is 3.71. The van der Waals surface area contributed by atoms with Crippen molar-refractivity contribution in [2.45, 2.75) is 62.8 Å². The van der Waals surface area contributed by atoms with Crippen LogP contribution in [0.4, 0.5) is 0 Å². The predicted octanol–water partition coefficient (Wildman–Crippen LogP) is 2.76. The number of ether oxygens (including phenoxy) is 1. The number of nitrogens with zero attached hydrogens (tertiary/aromatic N) is 1. The van der Waals surface area contributed by atoms with E-state index in [1.54, 1.807) is 23.5 Å². The number of hydrogen-bond acceptors (Lipinski definition) is 6. The third-order valence-electron chi connectivity index (χ3n) is 8.81. The van der Waals surface area contributed by atoms with Gasteiger partial charge in [0.15, 0.2) is 0 Å². The van der Waals surface area contributed by atoms with Gasteiger partial charge in [-0.05, 0) is 55.2 Å². The Morgan fingerprint density at radius 3 is 2.73 bits per heavy atom. The highest BCUT2D eigenvalue weighted by Crippen LogP contribution is 2.50. The van der Waals surface area contributed by atoms with Gasteiger partial charge in [0.25, 0.3) is 0 Å². The zero-order chi connectivity index (χ0) is 25.5. The Morgan fingerprint density at radius 1 is 1.14 bits per heavy atom. The van der Waals surface area contributed by atoms with Crippen molar-refractivity contribution >= 4 is 11.8 Å². The number of aliphatic hydroxyl groups is 2. The van der Waals surface area contributed by atoms with Gasteiger partial charge < -0.3 is 29.6 Å². The molecule has 0 saturated heterocycles. The van der Waals surface area contributed by atoms with E-state index in [0.717, 1.165) is 23.5 Å². The number of aliphatic hydroxyl groups excluding tert-OH is 2. The molecule has 7 atom stereocenters.